The minimum atomic E-state index is -0.666. The van der Waals surface area contributed by atoms with Gasteiger partial charge in [0.2, 0.25) is 5.89 Å². The van der Waals surface area contributed by atoms with Gasteiger partial charge in [-0.25, -0.2) is 4.98 Å². The minimum absolute atomic E-state index is 0.345. The van der Waals surface area contributed by atoms with Crippen molar-refractivity contribution < 1.29 is 14.3 Å². The Morgan fingerprint density at radius 3 is 2.14 bits per heavy atom. The van der Waals surface area contributed by atoms with Crippen molar-refractivity contribution in [1.82, 2.24) is 4.98 Å². The molecule has 4 aromatic rings. The molecule has 28 heavy (non-hydrogen) atoms. The van der Waals surface area contributed by atoms with E-state index in [1.807, 2.05) is 84.9 Å². The SMILES string of the molecule is COc1ccc(-c2nc(-c3ccccc3)c(CC(O)c3ccccc3)o2)cc1. The van der Waals surface area contributed by atoms with Gasteiger partial charge < -0.3 is 14.3 Å². The quantitative estimate of drug-likeness (QED) is 0.500. The number of hydrogen-bond acceptors (Lipinski definition) is 4. The first-order valence-electron chi connectivity index (χ1n) is 9.17. The van der Waals surface area contributed by atoms with Gasteiger partial charge in [-0.3, -0.25) is 0 Å². The van der Waals surface area contributed by atoms with Gasteiger partial charge >= 0.3 is 0 Å². The molecule has 1 atom stereocenters. The Morgan fingerprint density at radius 1 is 0.857 bits per heavy atom. The lowest BCUT2D eigenvalue weighted by Crippen LogP contribution is -2.01. The maximum atomic E-state index is 10.7. The molecule has 4 rings (SSSR count). The first-order chi connectivity index (χ1) is 13.7. The van der Waals surface area contributed by atoms with E-state index in [0.717, 1.165) is 28.1 Å². The molecule has 0 aliphatic heterocycles. The number of nitrogens with zero attached hydrogens (tertiary/aromatic N) is 1. The first kappa shape index (κ1) is 18.0. The number of hydrogen-bond donors (Lipinski definition) is 1. The van der Waals surface area contributed by atoms with E-state index >= 15 is 0 Å². The maximum Gasteiger partial charge on any atom is 0.226 e. The molecule has 0 bridgehead atoms. The summed E-state index contributed by atoms with van der Waals surface area (Å²) in [4.78, 5) is 4.73. The smallest absolute Gasteiger partial charge is 0.226 e. The van der Waals surface area contributed by atoms with Crippen LogP contribution in [-0.2, 0) is 6.42 Å². The Hall–Kier alpha value is -3.37. The standard InChI is InChI=1S/C24H21NO3/c1-27-20-14-12-19(13-15-20)24-25-23(18-10-6-3-7-11-18)22(28-24)16-21(26)17-8-4-2-5-9-17/h2-15,21,26H,16H2,1H3. The van der Waals surface area contributed by atoms with Crippen molar-refractivity contribution in [3.63, 3.8) is 0 Å². The van der Waals surface area contributed by atoms with Crippen LogP contribution in [0.15, 0.2) is 89.3 Å². The highest BCUT2D eigenvalue weighted by Crippen LogP contribution is 2.32. The Labute approximate surface area is 164 Å². The van der Waals surface area contributed by atoms with Gasteiger partial charge in [0.25, 0.3) is 0 Å². The van der Waals surface area contributed by atoms with Crippen molar-refractivity contribution in [1.29, 1.82) is 0 Å². The number of oxazole rings is 1. The molecule has 4 nitrogen and oxygen atoms in total. The Kier molecular flexibility index (Phi) is 5.22. The van der Waals surface area contributed by atoms with Gasteiger partial charge in [-0.15, -0.1) is 0 Å². The molecule has 0 fully saturated rings. The van der Waals surface area contributed by atoms with Gasteiger partial charge in [0, 0.05) is 17.5 Å². The van der Waals surface area contributed by atoms with Gasteiger partial charge in [0.15, 0.2) is 0 Å². The van der Waals surface area contributed by atoms with E-state index in [0.29, 0.717) is 18.1 Å². The van der Waals surface area contributed by atoms with Crippen molar-refractivity contribution in [2.24, 2.45) is 0 Å². The van der Waals surface area contributed by atoms with Crippen molar-refractivity contribution in [3.8, 4) is 28.5 Å². The molecule has 140 valence electrons. The molecule has 0 aliphatic rings. The average molecular weight is 371 g/mol. The van der Waals surface area contributed by atoms with Crippen LogP contribution >= 0.6 is 0 Å². The molecule has 0 saturated heterocycles. The number of rotatable bonds is 6. The van der Waals surface area contributed by atoms with Gasteiger partial charge in [-0.2, -0.15) is 0 Å². The van der Waals surface area contributed by atoms with E-state index in [4.69, 9.17) is 14.1 Å². The second kappa shape index (κ2) is 8.11. The molecule has 0 amide bonds. The van der Waals surface area contributed by atoms with E-state index in [2.05, 4.69) is 0 Å². The van der Waals surface area contributed by atoms with Crippen LogP contribution in [0, 0.1) is 0 Å². The zero-order chi connectivity index (χ0) is 19.3. The molecular weight excluding hydrogens is 350 g/mol. The Bertz CT molecular complexity index is 1020. The Morgan fingerprint density at radius 2 is 1.50 bits per heavy atom. The number of ether oxygens (including phenoxy) is 1. The van der Waals surface area contributed by atoms with E-state index < -0.39 is 6.10 Å². The van der Waals surface area contributed by atoms with Gasteiger partial charge in [-0.1, -0.05) is 60.7 Å². The molecular formula is C24H21NO3. The van der Waals surface area contributed by atoms with Crippen molar-refractivity contribution in [2.75, 3.05) is 7.11 Å². The molecule has 1 heterocycles. The van der Waals surface area contributed by atoms with Crippen LogP contribution in [0.5, 0.6) is 5.75 Å². The zero-order valence-electron chi connectivity index (χ0n) is 15.6. The normalized spacial score (nSPS) is 11.9. The molecule has 0 saturated carbocycles. The summed E-state index contributed by atoms with van der Waals surface area (Å²) < 4.78 is 11.3. The third-order valence-corrected chi connectivity index (χ3v) is 4.64. The average Bonchev–Trinajstić information content (AvgIpc) is 3.18. The van der Waals surface area contributed by atoms with Crippen molar-refractivity contribution in [3.05, 3.63) is 96.3 Å². The van der Waals surface area contributed by atoms with Crippen LogP contribution in [0.1, 0.15) is 17.4 Å². The second-order valence-corrected chi connectivity index (χ2v) is 6.52. The number of aliphatic hydroxyl groups is 1. The fourth-order valence-electron chi connectivity index (χ4n) is 3.14. The summed E-state index contributed by atoms with van der Waals surface area (Å²) in [5, 5.41) is 10.7. The maximum absolute atomic E-state index is 10.7. The molecule has 0 radical (unpaired) electrons. The van der Waals surface area contributed by atoms with Gasteiger partial charge in [0.05, 0.1) is 13.2 Å². The minimum Gasteiger partial charge on any atom is -0.497 e. The second-order valence-electron chi connectivity index (χ2n) is 6.52. The molecule has 1 aromatic heterocycles. The van der Waals surface area contributed by atoms with Crippen LogP contribution < -0.4 is 4.74 Å². The number of methoxy groups -OCH3 is 1. The van der Waals surface area contributed by atoms with Crippen molar-refractivity contribution in [2.45, 2.75) is 12.5 Å². The van der Waals surface area contributed by atoms with Crippen LogP contribution in [0.2, 0.25) is 0 Å². The van der Waals surface area contributed by atoms with Crippen molar-refractivity contribution >= 4 is 0 Å². The summed E-state index contributed by atoms with van der Waals surface area (Å²) >= 11 is 0. The van der Waals surface area contributed by atoms with Gasteiger partial charge in [-0.05, 0) is 29.8 Å². The predicted octanol–water partition coefficient (Wildman–Crippen LogP) is 5.29. The third kappa shape index (κ3) is 3.82. The molecule has 1 N–H and O–H groups in total. The van der Waals surface area contributed by atoms with Crippen LogP contribution in [0.3, 0.4) is 0 Å². The van der Waals surface area contributed by atoms with E-state index in [1.165, 1.54) is 0 Å². The monoisotopic (exact) mass is 371 g/mol. The lowest BCUT2D eigenvalue weighted by Gasteiger charge is -2.10. The summed E-state index contributed by atoms with van der Waals surface area (Å²) in [6, 6.07) is 27.0. The number of aromatic nitrogens is 1. The first-order valence-corrected chi connectivity index (χ1v) is 9.17. The predicted molar refractivity (Wildman–Crippen MR) is 109 cm³/mol. The highest BCUT2D eigenvalue weighted by atomic mass is 16.5. The fraction of sp³-hybridized carbons (Fsp3) is 0.125. The lowest BCUT2D eigenvalue weighted by molar-refractivity contribution is 0.171. The summed E-state index contributed by atoms with van der Waals surface area (Å²) in [6.07, 6.45) is -0.322. The molecule has 0 spiro atoms. The summed E-state index contributed by atoms with van der Waals surface area (Å²) in [5.41, 5.74) is 3.42. The zero-order valence-corrected chi connectivity index (χ0v) is 15.6. The van der Waals surface area contributed by atoms with Crippen LogP contribution in [-0.4, -0.2) is 17.2 Å². The van der Waals surface area contributed by atoms with Gasteiger partial charge in [0.1, 0.15) is 17.2 Å². The fourth-order valence-corrected chi connectivity index (χ4v) is 3.14. The van der Waals surface area contributed by atoms with E-state index in [9.17, 15) is 5.11 Å². The van der Waals surface area contributed by atoms with E-state index in [1.54, 1.807) is 7.11 Å². The lowest BCUT2D eigenvalue weighted by atomic mass is 10.0. The molecule has 1 unspecified atom stereocenters. The highest BCUT2D eigenvalue weighted by Gasteiger charge is 2.20. The highest BCUT2D eigenvalue weighted by molar-refractivity contribution is 5.66. The molecule has 3 aromatic carbocycles. The third-order valence-electron chi connectivity index (χ3n) is 4.64. The summed E-state index contributed by atoms with van der Waals surface area (Å²) in [6.45, 7) is 0. The topological polar surface area (TPSA) is 55.5 Å². The molecule has 4 heteroatoms. The van der Waals surface area contributed by atoms with Crippen LogP contribution in [0.25, 0.3) is 22.7 Å². The summed E-state index contributed by atoms with van der Waals surface area (Å²) in [7, 11) is 1.64. The van der Waals surface area contributed by atoms with Crippen LogP contribution in [0.4, 0.5) is 0 Å². The van der Waals surface area contributed by atoms with E-state index in [-0.39, 0.29) is 0 Å². The largest absolute Gasteiger partial charge is 0.497 e. The summed E-state index contributed by atoms with van der Waals surface area (Å²) in [5.74, 6) is 1.96. The number of benzene rings is 3. The number of aliphatic hydroxyl groups excluding tert-OH is 1. The Balaban J connectivity index is 1.72. The molecule has 0 aliphatic carbocycles.